The van der Waals surface area contributed by atoms with Gasteiger partial charge in [-0.25, -0.2) is 9.97 Å². The fourth-order valence-corrected chi connectivity index (χ4v) is 4.51. The molecule has 1 aromatic carbocycles. The van der Waals surface area contributed by atoms with Gasteiger partial charge in [-0.2, -0.15) is 5.26 Å². The van der Waals surface area contributed by atoms with E-state index in [1.54, 1.807) is 0 Å². The molecular weight excluding hydrogens is 420 g/mol. The third-order valence-electron chi connectivity index (χ3n) is 4.17. The Hall–Kier alpha value is -2.96. The molecule has 3 aromatic rings. The Bertz CT molecular complexity index is 1090. The Balaban J connectivity index is 1.59. The Kier molecular flexibility index (Phi) is 7.38. The number of carbonyl (C=O) groups is 2. The van der Waals surface area contributed by atoms with Crippen molar-refractivity contribution in [1.29, 1.82) is 5.26 Å². The third-order valence-corrected chi connectivity index (χ3v) is 5.97. The summed E-state index contributed by atoms with van der Waals surface area (Å²) in [5.74, 6) is -0.830. The van der Waals surface area contributed by atoms with Gasteiger partial charge in [0.05, 0.1) is 18.2 Å². The van der Waals surface area contributed by atoms with E-state index in [1.165, 1.54) is 34.3 Å². The second kappa shape index (κ2) is 10.2. The Morgan fingerprint density at radius 2 is 2.00 bits per heavy atom. The fourth-order valence-electron chi connectivity index (χ4n) is 2.94. The molecule has 30 heavy (non-hydrogen) atoms. The fraction of sp³-hybridized carbons (Fsp3) is 0.286. The summed E-state index contributed by atoms with van der Waals surface area (Å²) in [5.41, 5.74) is 2.72. The normalized spacial score (nSPS) is 10.6. The molecule has 0 aliphatic carbocycles. The molecule has 0 radical (unpaired) electrons. The molecule has 3 rings (SSSR count). The van der Waals surface area contributed by atoms with E-state index in [2.05, 4.69) is 16.0 Å². The minimum atomic E-state index is -0.504. The number of esters is 1. The van der Waals surface area contributed by atoms with E-state index < -0.39 is 5.97 Å². The van der Waals surface area contributed by atoms with Gasteiger partial charge in [0.2, 0.25) is 0 Å². The van der Waals surface area contributed by atoms with Gasteiger partial charge in [0.25, 0.3) is 5.91 Å². The number of aryl methyl sites for hydroxylation is 2. The largest absolute Gasteiger partial charge is 0.455 e. The van der Waals surface area contributed by atoms with Crippen LogP contribution in [-0.2, 0) is 14.3 Å². The number of aromatic nitrogens is 2. The molecule has 0 spiro atoms. The summed E-state index contributed by atoms with van der Waals surface area (Å²) in [6.45, 7) is 3.74. The number of carbonyl (C=O) groups excluding carboxylic acids is 2. The summed E-state index contributed by atoms with van der Waals surface area (Å²) in [4.78, 5) is 35.6. The third kappa shape index (κ3) is 5.55. The molecular formula is C21H20N4O3S2. The number of thioether (sulfide) groups is 1. The van der Waals surface area contributed by atoms with Crippen LogP contribution in [0.1, 0.15) is 17.5 Å². The molecule has 0 atom stereocenters. The molecule has 0 unspecified atom stereocenters. The maximum Gasteiger partial charge on any atom is 0.316 e. The second-order valence-corrected chi connectivity index (χ2v) is 8.43. The van der Waals surface area contributed by atoms with Crippen LogP contribution in [0.5, 0.6) is 0 Å². The van der Waals surface area contributed by atoms with Gasteiger partial charge in [0.1, 0.15) is 16.2 Å². The van der Waals surface area contributed by atoms with Crippen LogP contribution in [0.3, 0.4) is 0 Å². The summed E-state index contributed by atoms with van der Waals surface area (Å²) < 4.78 is 5.19. The van der Waals surface area contributed by atoms with Gasteiger partial charge in [0, 0.05) is 17.6 Å². The van der Waals surface area contributed by atoms with Crippen LogP contribution in [0.2, 0.25) is 0 Å². The Morgan fingerprint density at radius 1 is 1.23 bits per heavy atom. The van der Waals surface area contributed by atoms with Crippen LogP contribution < -0.4 is 4.90 Å². The highest BCUT2D eigenvalue weighted by atomic mass is 32.2. The average Bonchev–Trinajstić information content (AvgIpc) is 3.19. The van der Waals surface area contributed by atoms with E-state index in [9.17, 15) is 9.59 Å². The molecule has 1 amide bonds. The van der Waals surface area contributed by atoms with Gasteiger partial charge in [-0.3, -0.25) is 9.59 Å². The number of nitriles is 1. The molecule has 0 bridgehead atoms. The maximum atomic E-state index is 12.7. The van der Waals surface area contributed by atoms with E-state index >= 15 is 0 Å². The number of rotatable bonds is 8. The van der Waals surface area contributed by atoms with Gasteiger partial charge >= 0.3 is 5.97 Å². The molecule has 7 nitrogen and oxygen atoms in total. The molecule has 0 N–H and O–H groups in total. The van der Waals surface area contributed by atoms with Crippen molar-refractivity contribution in [2.24, 2.45) is 0 Å². The van der Waals surface area contributed by atoms with E-state index in [-0.39, 0.29) is 31.2 Å². The van der Waals surface area contributed by atoms with Crippen molar-refractivity contribution < 1.29 is 14.3 Å². The molecule has 0 saturated heterocycles. The Labute approximate surface area is 182 Å². The maximum absolute atomic E-state index is 12.7. The zero-order valence-electron chi connectivity index (χ0n) is 16.6. The molecule has 0 aliphatic heterocycles. The summed E-state index contributed by atoms with van der Waals surface area (Å²) >= 11 is 2.76. The summed E-state index contributed by atoms with van der Waals surface area (Å²) in [6.07, 6.45) is 1.65. The molecule has 9 heteroatoms. The number of benzene rings is 1. The van der Waals surface area contributed by atoms with E-state index in [4.69, 9.17) is 10.00 Å². The lowest BCUT2D eigenvalue weighted by molar-refractivity contribution is -0.145. The summed E-state index contributed by atoms with van der Waals surface area (Å²) in [7, 11) is 0. The highest BCUT2D eigenvalue weighted by molar-refractivity contribution is 8.00. The average molecular weight is 441 g/mol. The van der Waals surface area contributed by atoms with E-state index in [1.807, 2.05) is 43.5 Å². The van der Waals surface area contributed by atoms with Crippen molar-refractivity contribution in [1.82, 2.24) is 9.97 Å². The molecule has 2 heterocycles. The Morgan fingerprint density at radius 3 is 2.73 bits per heavy atom. The number of hydrogen-bond acceptors (Lipinski definition) is 8. The van der Waals surface area contributed by atoms with Crippen molar-refractivity contribution in [2.75, 3.05) is 23.8 Å². The highest BCUT2D eigenvalue weighted by Crippen LogP contribution is 2.27. The molecule has 2 aromatic heterocycles. The zero-order valence-corrected chi connectivity index (χ0v) is 18.3. The van der Waals surface area contributed by atoms with Crippen LogP contribution in [0.4, 0.5) is 5.69 Å². The first kappa shape index (κ1) is 21.7. The molecule has 0 fully saturated rings. The number of hydrogen-bond donors (Lipinski definition) is 0. The van der Waals surface area contributed by atoms with Crippen molar-refractivity contribution in [3.63, 3.8) is 0 Å². The van der Waals surface area contributed by atoms with Gasteiger partial charge in [-0.05, 0) is 48.6 Å². The summed E-state index contributed by atoms with van der Waals surface area (Å²) in [5, 5.41) is 12.4. The predicted molar refractivity (Wildman–Crippen MR) is 118 cm³/mol. The van der Waals surface area contributed by atoms with Crippen molar-refractivity contribution in [2.45, 2.75) is 25.3 Å². The molecule has 154 valence electrons. The lowest BCUT2D eigenvalue weighted by Gasteiger charge is -2.22. The number of nitrogens with zero attached hydrogens (tertiary/aromatic N) is 4. The van der Waals surface area contributed by atoms with Gasteiger partial charge < -0.3 is 9.64 Å². The van der Waals surface area contributed by atoms with Crippen LogP contribution >= 0.6 is 23.1 Å². The number of ether oxygens (including phenoxy) is 1. The first-order valence-corrected chi connectivity index (χ1v) is 11.1. The van der Waals surface area contributed by atoms with Crippen molar-refractivity contribution in [3.8, 4) is 6.07 Å². The van der Waals surface area contributed by atoms with Gasteiger partial charge in [-0.1, -0.05) is 17.8 Å². The van der Waals surface area contributed by atoms with Gasteiger partial charge in [0.15, 0.2) is 6.61 Å². The first-order chi connectivity index (χ1) is 14.5. The minimum absolute atomic E-state index is 0.0387. The SMILES string of the molecule is Cc1cc(C)cc(N(CCC#N)C(=O)COC(=O)CSc2ncnc3sccc23)c1. The highest BCUT2D eigenvalue weighted by Gasteiger charge is 2.18. The molecule has 0 saturated carbocycles. The molecule has 0 aliphatic rings. The van der Waals surface area contributed by atoms with Gasteiger partial charge in [-0.15, -0.1) is 11.3 Å². The monoisotopic (exact) mass is 440 g/mol. The van der Waals surface area contributed by atoms with Crippen LogP contribution in [0.25, 0.3) is 10.2 Å². The number of fused-ring (bicyclic) bond motifs is 1. The van der Waals surface area contributed by atoms with E-state index in [0.717, 1.165) is 21.3 Å². The minimum Gasteiger partial charge on any atom is -0.455 e. The van der Waals surface area contributed by atoms with Crippen LogP contribution in [0.15, 0.2) is 41.0 Å². The lowest BCUT2D eigenvalue weighted by atomic mass is 10.1. The van der Waals surface area contributed by atoms with Crippen molar-refractivity contribution in [3.05, 3.63) is 47.1 Å². The van der Waals surface area contributed by atoms with E-state index in [0.29, 0.717) is 10.7 Å². The second-order valence-electron chi connectivity index (χ2n) is 6.57. The number of thiophene rings is 1. The van der Waals surface area contributed by atoms with Crippen molar-refractivity contribution >= 4 is 50.9 Å². The predicted octanol–water partition coefficient (Wildman–Crippen LogP) is 3.89. The van der Waals surface area contributed by atoms with Crippen LogP contribution in [0, 0.1) is 25.2 Å². The zero-order chi connectivity index (χ0) is 21.5. The quantitative estimate of drug-likeness (QED) is 0.298. The number of amides is 1. The number of anilines is 1. The lowest BCUT2D eigenvalue weighted by Crippen LogP contribution is -2.35. The standard InChI is InChI=1S/C21H20N4O3S2/c1-14-8-15(2)10-16(9-14)25(6-3-5-22)18(26)11-28-19(27)12-30-21-17-4-7-29-20(17)23-13-24-21/h4,7-10,13H,3,6,11-12H2,1-2H3. The smallest absolute Gasteiger partial charge is 0.316 e. The topological polar surface area (TPSA) is 96.2 Å². The van der Waals surface area contributed by atoms with Crippen LogP contribution in [-0.4, -0.2) is 40.7 Å². The summed E-state index contributed by atoms with van der Waals surface area (Å²) in [6, 6.07) is 9.72. The first-order valence-electron chi connectivity index (χ1n) is 9.20.